The third kappa shape index (κ3) is 3.59. The fourth-order valence-corrected chi connectivity index (χ4v) is 2.00. The van der Waals surface area contributed by atoms with E-state index in [2.05, 4.69) is 59.9 Å². The summed E-state index contributed by atoms with van der Waals surface area (Å²) in [4.78, 5) is 2.26. The van der Waals surface area contributed by atoms with Crippen molar-refractivity contribution in [1.82, 2.24) is 4.90 Å². The molecule has 84 valence electrons. The van der Waals surface area contributed by atoms with E-state index in [1.54, 1.807) is 0 Å². The largest absolute Gasteiger partial charge is 0.329 e. The van der Waals surface area contributed by atoms with Gasteiger partial charge in [-0.1, -0.05) is 28.1 Å². The van der Waals surface area contributed by atoms with Gasteiger partial charge in [0.05, 0.1) is 0 Å². The van der Waals surface area contributed by atoms with E-state index in [-0.39, 0.29) is 0 Å². The molecule has 0 saturated heterocycles. The molecule has 0 aliphatic carbocycles. The molecule has 1 rings (SSSR count). The van der Waals surface area contributed by atoms with Crippen LogP contribution >= 0.6 is 15.9 Å². The van der Waals surface area contributed by atoms with Crippen molar-refractivity contribution in [2.45, 2.75) is 26.4 Å². The van der Waals surface area contributed by atoms with Crippen molar-refractivity contribution in [2.24, 2.45) is 5.73 Å². The molecule has 3 heteroatoms. The molecule has 0 bridgehead atoms. The maximum absolute atomic E-state index is 5.64. The van der Waals surface area contributed by atoms with Gasteiger partial charge in [-0.3, -0.25) is 4.90 Å². The zero-order valence-corrected chi connectivity index (χ0v) is 11.2. The van der Waals surface area contributed by atoms with Gasteiger partial charge in [0.1, 0.15) is 0 Å². The minimum absolute atomic E-state index is 0.415. The Hall–Kier alpha value is -0.380. The Balaban J connectivity index is 2.72. The van der Waals surface area contributed by atoms with Gasteiger partial charge in [-0.2, -0.15) is 0 Å². The molecule has 15 heavy (non-hydrogen) atoms. The molecule has 2 N–H and O–H groups in total. The lowest BCUT2D eigenvalue weighted by atomic mass is 10.1. The molecule has 1 atom stereocenters. The van der Waals surface area contributed by atoms with Crippen molar-refractivity contribution in [3.05, 3.63) is 33.8 Å². The predicted octanol–water partition coefficient (Wildman–Crippen LogP) is 2.54. The maximum Gasteiger partial charge on any atom is 0.0245 e. The first-order valence-electron chi connectivity index (χ1n) is 5.20. The summed E-state index contributed by atoms with van der Waals surface area (Å²) in [6.07, 6.45) is 0. The number of rotatable bonds is 4. The van der Waals surface area contributed by atoms with Crippen LogP contribution in [0.5, 0.6) is 0 Å². The summed E-state index contributed by atoms with van der Waals surface area (Å²) in [5.41, 5.74) is 8.22. The Morgan fingerprint density at radius 2 is 2.13 bits per heavy atom. The molecule has 0 amide bonds. The molecular formula is C12H19BrN2. The Bertz CT molecular complexity index is 325. The molecular weight excluding hydrogens is 252 g/mol. The van der Waals surface area contributed by atoms with Crippen LogP contribution < -0.4 is 5.73 Å². The van der Waals surface area contributed by atoms with E-state index in [9.17, 15) is 0 Å². The molecule has 2 nitrogen and oxygen atoms in total. The molecule has 0 fully saturated rings. The van der Waals surface area contributed by atoms with Crippen LogP contribution in [0.1, 0.15) is 18.1 Å². The number of benzene rings is 1. The minimum atomic E-state index is 0.415. The first kappa shape index (κ1) is 12.7. The maximum atomic E-state index is 5.64. The van der Waals surface area contributed by atoms with E-state index in [0.29, 0.717) is 12.6 Å². The highest BCUT2D eigenvalue weighted by Crippen LogP contribution is 2.20. The van der Waals surface area contributed by atoms with Gasteiger partial charge in [0.2, 0.25) is 0 Å². The first-order chi connectivity index (χ1) is 7.04. The summed E-state index contributed by atoms with van der Waals surface area (Å²) < 4.78 is 1.18. The predicted molar refractivity (Wildman–Crippen MR) is 68.9 cm³/mol. The van der Waals surface area contributed by atoms with E-state index < -0.39 is 0 Å². The second-order valence-corrected chi connectivity index (χ2v) is 4.95. The summed E-state index contributed by atoms with van der Waals surface area (Å²) >= 11 is 3.59. The zero-order chi connectivity index (χ0) is 11.4. The number of nitrogens with two attached hydrogens (primary N) is 1. The smallest absolute Gasteiger partial charge is 0.0245 e. The third-order valence-corrected chi connectivity index (χ3v) is 3.46. The van der Waals surface area contributed by atoms with Crippen LogP contribution in [-0.2, 0) is 6.54 Å². The average molecular weight is 271 g/mol. The van der Waals surface area contributed by atoms with Crippen molar-refractivity contribution in [3.8, 4) is 0 Å². The lowest BCUT2D eigenvalue weighted by Gasteiger charge is -2.23. The fourth-order valence-electron chi connectivity index (χ4n) is 1.39. The highest BCUT2D eigenvalue weighted by molar-refractivity contribution is 9.10. The highest BCUT2D eigenvalue weighted by Gasteiger charge is 2.09. The van der Waals surface area contributed by atoms with Gasteiger partial charge >= 0.3 is 0 Å². The van der Waals surface area contributed by atoms with Crippen LogP contribution in [0.3, 0.4) is 0 Å². The van der Waals surface area contributed by atoms with Crippen LogP contribution in [0.15, 0.2) is 22.7 Å². The third-order valence-electron chi connectivity index (χ3n) is 2.72. The van der Waals surface area contributed by atoms with Crippen molar-refractivity contribution in [3.63, 3.8) is 0 Å². The van der Waals surface area contributed by atoms with Gasteiger partial charge in [0.25, 0.3) is 0 Å². The minimum Gasteiger partial charge on any atom is -0.329 e. The lowest BCUT2D eigenvalue weighted by Crippen LogP contribution is -2.34. The van der Waals surface area contributed by atoms with Gasteiger partial charge in [-0.05, 0) is 38.1 Å². The number of aryl methyl sites for hydroxylation is 1. The topological polar surface area (TPSA) is 29.3 Å². The monoisotopic (exact) mass is 270 g/mol. The Morgan fingerprint density at radius 3 is 2.67 bits per heavy atom. The Kier molecular flexibility index (Phi) is 4.77. The summed E-state index contributed by atoms with van der Waals surface area (Å²) in [5, 5.41) is 0. The molecule has 1 aromatic rings. The molecule has 1 unspecified atom stereocenters. The molecule has 0 spiro atoms. The van der Waals surface area contributed by atoms with E-state index >= 15 is 0 Å². The van der Waals surface area contributed by atoms with E-state index in [1.165, 1.54) is 15.6 Å². The number of nitrogens with zero attached hydrogens (tertiary/aromatic N) is 1. The van der Waals surface area contributed by atoms with Crippen molar-refractivity contribution < 1.29 is 0 Å². The summed E-state index contributed by atoms with van der Waals surface area (Å²) in [6, 6.07) is 6.87. The van der Waals surface area contributed by atoms with Crippen LogP contribution in [-0.4, -0.2) is 24.5 Å². The van der Waals surface area contributed by atoms with E-state index in [4.69, 9.17) is 5.73 Å². The molecule has 0 aliphatic rings. The molecule has 0 aliphatic heterocycles. The van der Waals surface area contributed by atoms with Gasteiger partial charge in [0.15, 0.2) is 0 Å². The van der Waals surface area contributed by atoms with Crippen LogP contribution in [0, 0.1) is 6.92 Å². The molecule has 0 aromatic heterocycles. The van der Waals surface area contributed by atoms with Gasteiger partial charge in [-0.25, -0.2) is 0 Å². The fraction of sp³-hybridized carbons (Fsp3) is 0.500. The summed E-state index contributed by atoms with van der Waals surface area (Å²) in [5.74, 6) is 0. The standard InChI is InChI=1S/C12H19BrN2/c1-9-4-5-11(12(13)6-9)8-15(3)10(2)7-14/h4-6,10H,7-8,14H2,1-3H3. The first-order valence-corrected chi connectivity index (χ1v) is 5.99. The summed E-state index contributed by atoms with van der Waals surface area (Å²) in [7, 11) is 2.10. The van der Waals surface area contributed by atoms with Crippen LogP contribution in [0.4, 0.5) is 0 Å². The quantitative estimate of drug-likeness (QED) is 0.911. The van der Waals surface area contributed by atoms with Gasteiger partial charge < -0.3 is 5.73 Å². The molecule has 0 heterocycles. The van der Waals surface area contributed by atoms with Crippen LogP contribution in [0.2, 0.25) is 0 Å². The number of hydrogen-bond acceptors (Lipinski definition) is 2. The van der Waals surface area contributed by atoms with Gasteiger partial charge in [0, 0.05) is 23.6 Å². The SMILES string of the molecule is Cc1ccc(CN(C)C(C)CN)c(Br)c1. The van der Waals surface area contributed by atoms with E-state index in [0.717, 1.165) is 6.54 Å². The van der Waals surface area contributed by atoms with Gasteiger partial charge in [-0.15, -0.1) is 0 Å². The molecule has 0 radical (unpaired) electrons. The average Bonchev–Trinajstić information content (AvgIpc) is 2.20. The summed E-state index contributed by atoms with van der Waals surface area (Å²) in [6.45, 7) is 5.86. The number of halogens is 1. The Labute approximate surface area is 101 Å². The van der Waals surface area contributed by atoms with Crippen LogP contribution in [0.25, 0.3) is 0 Å². The zero-order valence-electron chi connectivity index (χ0n) is 9.63. The molecule has 1 aromatic carbocycles. The second-order valence-electron chi connectivity index (χ2n) is 4.09. The Morgan fingerprint density at radius 1 is 1.47 bits per heavy atom. The van der Waals surface area contributed by atoms with Crippen molar-refractivity contribution in [2.75, 3.05) is 13.6 Å². The van der Waals surface area contributed by atoms with Crippen molar-refractivity contribution in [1.29, 1.82) is 0 Å². The lowest BCUT2D eigenvalue weighted by molar-refractivity contribution is 0.254. The van der Waals surface area contributed by atoms with Crippen molar-refractivity contribution >= 4 is 15.9 Å². The normalized spacial score (nSPS) is 13.2. The number of likely N-dealkylation sites (N-methyl/N-ethyl adjacent to an activating group) is 1. The van der Waals surface area contributed by atoms with E-state index in [1.807, 2.05) is 0 Å². The number of hydrogen-bond donors (Lipinski definition) is 1. The second kappa shape index (κ2) is 5.64. The molecule has 0 saturated carbocycles. The highest BCUT2D eigenvalue weighted by atomic mass is 79.9.